The van der Waals surface area contributed by atoms with Crippen LogP contribution in [-0.4, -0.2) is 31.3 Å². The molecule has 0 aromatic heterocycles. The Kier molecular flexibility index (Phi) is 5.52. The van der Waals surface area contributed by atoms with Crippen molar-refractivity contribution in [2.45, 2.75) is 26.2 Å². The minimum Gasteiger partial charge on any atom is -0.497 e. The summed E-state index contributed by atoms with van der Waals surface area (Å²) in [6.45, 7) is 2.12. The lowest BCUT2D eigenvalue weighted by Crippen LogP contribution is -2.25. The van der Waals surface area contributed by atoms with E-state index < -0.39 is 0 Å². The van der Waals surface area contributed by atoms with Gasteiger partial charge in [-0.25, -0.2) is 5.43 Å². The van der Waals surface area contributed by atoms with Gasteiger partial charge in [-0.3, -0.25) is 9.59 Å². The molecular weight excluding hydrogens is 284 g/mol. The third kappa shape index (κ3) is 3.84. The summed E-state index contributed by atoms with van der Waals surface area (Å²) < 4.78 is 10.1. The van der Waals surface area contributed by atoms with E-state index in [2.05, 4.69) is 10.5 Å². The zero-order chi connectivity index (χ0) is 15.9. The Morgan fingerprint density at radius 2 is 2.05 bits per heavy atom. The van der Waals surface area contributed by atoms with Crippen molar-refractivity contribution in [3.05, 3.63) is 29.8 Å². The molecule has 1 aliphatic rings. The summed E-state index contributed by atoms with van der Waals surface area (Å²) in [5.74, 6) is -0.237. The van der Waals surface area contributed by atoms with Crippen LogP contribution in [0, 0.1) is 5.92 Å². The average Bonchev–Trinajstić information content (AvgIpc) is 3.01. The van der Waals surface area contributed by atoms with E-state index in [1.807, 2.05) is 0 Å². The number of nitrogens with zero attached hydrogens (tertiary/aromatic N) is 1. The number of hydrazone groups is 1. The van der Waals surface area contributed by atoms with Gasteiger partial charge in [0, 0.05) is 5.56 Å². The minimum atomic E-state index is -0.337. The van der Waals surface area contributed by atoms with Crippen molar-refractivity contribution in [1.29, 1.82) is 0 Å². The molecule has 0 heterocycles. The van der Waals surface area contributed by atoms with Gasteiger partial charge in [0.1, 0.15) is 5.75 Å². The largest absolute Gasteiger partial charge is 0.497 e. The molecule has 0 spiro atoms. The number of esters is 1. The second kappa shape index (κ2) is 7.59. The Labute approximate surface area is 129 Å². The van der Waals surface area contributed by atoms with E-state index in [1.54, 1.807) is 38.3 Å². The summed E-state index contributed by atoms with van der Waals surface area (Å²) in [6, 6.07) is 6.73. The lowest BCUT2D eigenvalue weighted by atomic mass is 10.1. The summed E-state index contributed by atoms with van der Waals surface area (Å²) in [6.07, 6.45) is 2.29. The van der Waals surface area contributed by atoms with Crippen LogP contribution in [0.25, 0.3) is 0 Å². The lowest BCUT2D eigenvalue weighted by Gasteiger charge is -2.10. The molecule has 1 atom stereocenters. The van der Waals surface area contributed by atoms with Crippen molar-refractivity contribution in [2.24, 2.45) is 11.0 Å². The predicted octanol–water partition coefficient (Wildman–Crippen LogP) is 2.14. The zero-order valence-electron chi connectivity index (χ0n) is 12.8. The van der Waals surface area contributed by atoms with Crippen LogP contribution >= 0.6 is 0 Å². The maximum Gasteiger partial charge on any atom is 0.314 e. The molecule has 6 heteroatoms. The summed E-state index contributed by atoms with van der Waals surface area (Å²) >= 11 is 0. The molecule has 22 heavy (non-hydrogen) atoms. The molecule has 1 aromatic carbocycles. The van der Waals surface area contributed by atoms with Crippen LogP contribution in [-0.2, 0) is 9.53 Å². The predicted molar refractivity (Wildman–Crippen MR) is 81.9 cm³/mol. The fourth-order valence-corrected chi connectivity index (χ4v) is 2.39. The van der Waals surface area contributed by atoms with E-state index in [0.29, 0.717) is 30.1 Å². The van der Waals surface area contributed by atoms with Crippen LogP contribution in [0.2, 0.25) is 0 Å². The Morgan fingerprint density at radius 1 is 1.32 bits per heavy atom. The molecule has 2 rings (SSSR count). The molecule has 0 saturated heterocycles. The monoisotopic (exact) mass is 304 g/mol. The number of rotatable bonds is 5. The molecule has 118 valence electrons. The molecule has 6 nitrogen and oxygen atoms in total. The van der Waals surface area contributed by atoms with Crippen LogP contribution < -0.4 is 10.2 Å². The highest BCUT2D eigenvalue weighted by molar-refractivity contribution is 6.04. The van der Waals surface area contributed by atoms with Gasteiger partial charge in [-0.05, 0) is 50.5 Å². The zero-order valence-corrected chi connectivity index (χ0v) is 12.8. The van der Waals surface area contributed by atoms with E-state index in [0.717, 1.165) is 12.8 Å². The van der Waals surface area contributed by atoms with Gasteiger partial charge < -0.3 is 9.47 Å². The SMILES string of the molecule is CCOC(=O)[C@@H]1CCC/C1=N/NC(=O)c1ccc(OC)cc1. The fourth-order valence-electron chi connectivity index (χ4n) is 2.39. The lowest BCUT2D eigenvalue weighted by molar-refractivity contribution is -0.145. The van der Waals surface area contributed by atoms with Gasteiger partial charge in [0.05, 0.1) is 25.3 Å². The van der Waals surface area contributed by atoms with Gasteiger partial charge >= 0.3 is 5.97 Å². The van der Waals surface area contributed by atoms with Crippen molar-refractivity contribution in [2.75, 3.05) is 13.7 Å². The molecule has 1 aromatic rings. The number of hydrogen-bond donors (Lipinski definition) is 1. The molecule has 0 unspecified atom stereocenters. The molecule has 0 bridgehead atoms. The number of nitrogens with one attached hydrogen (secondary N) is 1. The molecular formula is C16H20N2O4. The molecule has 1 N–H and O–H groups in total. The van der Waals surface area contributed by atoms with E-state index in [1.165, 1.54) is 0 Å². The maximum absolute atomic E-state index is 12.0. The van der Waals surface area contributed by atoms with Gasteiger partial charge in [0.25, 0.3) is 5.91 Å². The Morgan fingerprint density at radius 3 is 2.68 bits per heavy atom. The highest BCUT2D eigenvalue weighted by Gasteiger charge is 2.30. The summed E-state index contributed by atoms with van der Waals surface area (Å²) in [5, 5.41) is 4.11. The number of methoxy groups -OCH3 is 1. The number of benzene rings is 1. The van der Waals surface area contributed by atoms with Crippen molar-refractivity contribution in [3.63, 3.8) is 0 Å². The summed E-state index contributed by atoms with van der Waals surface area (Å²) in [7, 11) is 1.57. The summed E-state index contributed by atoms with van der Waals surface area (Å²) in [5.41, 5.74) is 3.67. The van der Waals surface area contributed by atoms with Crippen molar-refractivity contribution < 1.29 is 19.1 Å². The van der Waals surface area contributed by atoms with E-state index in [4.69, 9.17) is 9.47 Å². The first kappa shape index (κ1) is 16.0. The van der Waals surface area contributed by atoms with Gasteiger partial charge in [-0.15, -0.1) is 0 Å². The van der Waals surface area contributed by atoms with Crippen LogP contribution in [0.15, 0.2) is 29.4 Å². The van der Waals surface area contributed by atoms with Crippen LogP contribution in [0.3, 0.4) is 0 Å². The van der Waals surface area contributed by atoms with E-state index in [9.17, 15) is 9.59 Å². The molecule has 0 aliphatic heterocycles. The Balaban J connectivity index is 2.00. The van der Waals surface area contributed by atoms with Crippen molar-refractivity contribution in [1.82, 2.24) is 5.43 Å². The number of carbonyl (C=O) groups is 2. The third-order valence-corrected chi connectivity index (χ3v) is 3.55. The van der Waals surface area contributed by atoms with E-state index in [-0.39, 0.29) is 17.8 Å². The van der Waals surface area contributed by atoms with Gasteiger partial charge in [-0.1, -0.05) is 0 Å². The van der Waals surface area contributed by atoms with Crippen LogP contribution in [0.4, 0.5) is 0 Å². The topological polar surface area (TPSA) is 77.0 Å². The number of ether oxygens (including phenoxy) is 2. The second-order valence-corrected chi connectivity index (χ2v) is 4.97. The number of hydrogen-bond acceptors (Lipinski definition) is 5. The van der Waals surface area contributed by atoms with E-state index >= 15 is 0 Å². The van der Waals surface area contributed by atoms with Gasteiger partial charge in [-0.2, -0.15) is 5.10 Å². The third-order valence-electron chi connectivity index (χ3n) is 3.55. The van der Waals surface area contributed by atoms with Gasteiger partial charge in [0.15, 0.2) is 0 Å². The first-order chi connectivity index (χ1) is 10.7. The fraction of sp³-hybridized carbons (Fsp3) is 0.438. The summed E-state index contributed by atoms with van der Waals surface area (Å²) in [4.78, 5) is 23.8. The Hall–Kier alpha value is -2.37. The number of amides is 1. The van der Waals surface area contributed by atoms with Crippen LogP contribution in [0.5, 0.6) is 5.75 Å². The highest BCUT2D eigenvalue weighted by atomic mass is 16.5. The highest BCUT2D eigenvalue weighted by Crippen LogP contribution is 2.23. The molecule has 1 amide bonds. The van der Waals surface area contributed by atoms with Crippen LogP contribution in [0.1, 0.15) is 36.5 Å². The Bertz CT molecular complexity index is 566. The average molecular weight is 304 g/mol. The molecule has 1 aliphatic carbocycles. The van der Waals surface area contributed by atoms with Crippen molar-refractivity contribution >= 4 is 17.6 Å². The van der Waals surface area contributed by atoms with Crippen molar-refractivity contribution in [3.8, 4) is 5.75 Å². The smallest absolute Gasteiger partial charge is 0.314 e. The number of carbonyl (C=O) groups excluding carboxylic acids is 2. The molecule has 1 fully saturated rings. The second-order valence-electron chi connectivity index (χ2n) is 4.97. The standard InChI is InChI=1S/C16H20N2O4/c1-3-22-16(20)13-5-4-6-14(13)17-18-15(19)11-7-9-12(21-2)10-8-11/h7-10,13H,3-6H2,1-2H3,(H,18,19)/b17-14-/t13-/m1/s1. The molecule has 1 saturated carbocycles. The maximum atomic E-state index is 12.0. The molecule has 0 radical (unpaired) electrons. The normalized spacial score (nSPS) is 19.0. The van der Waals surface area contributed by atoms with Gasteiger partial charge in [0.2, 0.25) is 0 Å². The quantitative estimate of drug-likeness (QED) is 0.668. The minimum absolute atomic E-state index is 0.266. The first-order valence-corrected chi connectivity index (χ1v) is 7.33. The first-order valence-electron chi connectivity index (χ1n) is 7.33.